The van der Waals surface area contributed by atoms with Crippen LogP contribution in [0.2, 0.25) is 0 Å². The highest BCUT2D eigenvalue weighted by atomic mass is 16.6. The van der Waals surface area contributed by atoms with Gasteiger partial charge >= 0.3 is 11.9 Å². The second-order valence-electron chi connectivity index (χ2n) is 10.8. The Bertz CT molecular complexity index is 1610. The monoisotopic (exact) mass is 633 g/mol. The van der Waals surface area contributed by atoms with E-state index in [1.54, 1.807) is 13.8 Å². The normalized spacial score (nSPS) is 14.1. The number of dihydropyridines is 1. The molecule has 12 heteroatoms. The van der Waals surface area contributed by atoms with Gasteiger partial charge in [0, 0.05) is 41.0 Å². The molecular weight excluding hydrogens is 594 g/mol. The van der Waals surface area contributed by atoms with Crippen molar-refractivity contribution in [3.63, 3.8) is 0 Å². The third-order valence-electron chi connectivity index (χ3n) is 7.65. The third kappa shape index (κ3) is 8.01. The number of nitrogens with zero attached hydrogens (tertiary/aromatic N) is 1. The summed E-state index contributed by atoms with van der Waals surface area (Å²) in [5.41, 5.74) is 1.15. The number of ether oxygens (including phenoxy) is 4. The Morgan fingerprint density at radius 3 is 2.28 bits per heavy atom. The molecule has 244 valence electrons. The molecule has 3 aromatic rings. The number of rotatable bonds is 15. The summed E-state index contributed by atoms with van der Waals surface area (Å²) >= 11 is 0. The number of aliphatic hydroxyl groups excluding tert-OH is 1. The van der Waals surface area contributed by atoms with Crippen molar-refractivity contribution in [1.29, 1.82) is 0 Å². The highest BCUT2D eigenvalue weighted by molar-refractivity contribution is 6.00. The van der Waals surface area contributed by atoms with Crippen molar-refractivity contribution in [3.05, 3.63) is 98.9 Å². The van der Waals surface area contributed by atoms with Crippen LogP contribution in [0, 0.1) is 10.1 Å². The molecule has 1 heterocycles. The first-order valence-corrected chi connectivity index (χ1v) is 14.9. The molecule has 46 heavy (non-hydrogen) atoms. The van der Waals surface area contributed by atoms with E-state index in [9.17, 15) is 24.8 Å². The molecule has 3 aromatic carbocycles. The number of hydrogen-bond acceptors (Lipinski definition) is 11. The predicted molar refractivity (Wildman–Crippen MR) is 171 cm³/mol. The Morgan fingerprint density at radius 1 is 0.935 bits per heavy atom. The van der Waals surface area contributed by atoms with Crippen molar-refractivity contribution in [2.45, 2.75) is 38.7 Å². The molecule has 12 nitrogen and oxygen atoms in total. The summed E-state index contributed by atoms with van der Waals surface area (Å²) in [6.45, 7) is 4.68. The van der Waals surface area contributed by atoms with E-state index in [4.69, 9.17) is 18.9 Å². The van der Waals surface area contributed by atoms with Crippen molar-refractivity contribution in [1.82, 2.24) is 10.6 Å². The van der Waals surface area contributed by atoms with Gasteiger partial charge in [-0.25, -0.2) is 9.59 Å². The Labute approximate surface area is 267 Å². The molecule has 4 rings (SSSR count). The molecule has 0 amide bonds. The maximum absolute atomic E-state index is 12.9. The van der Waals surface area contributed by atoms with Gasteiger partial charge in [0.15, 0.2) is 0 Å². The van der Waals surface area contributed by atoms with Gasteiger partial charge in [-0.1, -0.05) is 36.4 Å². The molecule has 0 radical (unpaired) electrons. The molecule has 1 unspecified atom stereocenters. The van der Waals surface area contributed by atoms with Crippen molar-refractivity contribution in [2.75, 3.05) is 40.5 Å². The number of esters is 2. The number of allylic oxidation sites excluding steroid dienone is 2. The number of carbonyl (C=O) groups is 2. The van der Waals surface area contributed by atoms with E-state index >= 15 is 0 Å². The number of methoxy groups -OCH3 is 2. The number of unbranched alkanes of at least 4 members (excludes halogenated alkanes) is 1. The van der Waals surface area contributed by atoms with E-state index in [2.05, 4.69) is 10.6 Å². The number of nitro groups is 1. The third-order valence-corrected chi connectivity index (χ3v) is 7.65. The van der Waals surface area contributed by atoms with E-state index < -0.39 is 28.9 Å². The number of non-ortho nitro benzene ring substituents is 1. The maximum atomic E-state index is 12.9. The molecule has 1 atom stereocenters. The van der Waals surface area contributed by atoms with Gasteiger partial charge in [-0.15, -0.1) is 0 Å². The lowest BCUT2D eigenvalue weighted by atomic mass is 9.80. The van der Waals surface area contributed by atoms with Gasteiger partial charge in [0.25, 0.3) is 5.69 Å². The summed E-state index contributed by atoms with van der Waals surface area (Å²) in [5.74, 6) is -1.42. The topological polar surface area (TPSA) is 158 Å². The number of nitro benzene ring substituents is 1. The van der Waals surface area contributed by atoms with E-state index in [1.807, 2.05) is 42.5 Å². The summed E-state index contributed by atoms with van der Waals surface area (Å²) < 4.78 is 22.0. The summed E-state index contributed by atoms with van der Waals surface area (Å²) in [7, 11) is 2.44. The number of benzene rings is 3. The summed E-state index contributed by atoms with van der Waals surface area (Å²) in [6.07, 6.45) is 0.630. The maximum Gasteiger partial charge on any atom is 0.336 e. The molecule has 0 fully saturated rings. The molecule has 1 aliphatic rings. The quantitative estimate of drug-likeness (QED) is 0.0935. The van der Waals surface area contributed by atoms with Crippen molar-refractivity contribution < 1.29 is 38.6 Å². The van der Waals surface area contributed by atoms with Crippen LogP contribution >= 0.6 is 0 Å². The lowest BCUT2D eigenvalue weighted by Crippen LogP contribution is -2.32. The number of aliphatic hydroxyl groups is 1. The number of nitrogens with one attached hydrogen (secondary N) is 2. The van der Waals surface area contributed by atoms with Crippen LogP contribution in [-0.2, 0) is 19.1 Å². The molecule has 0 saturated heterocycles. The second kappa shape index (κ2) is 15.9. The van der Waals surface area contributed by atoms with Gasteiger partial charge < -0.3 is 34.7 Å². The fourth-order valence-electron chi connectivity index (χ4n) is 5.44. The Hall–Kier alpha value is -4.94. The van der Waals surface area contributed by atoms with Crippen LogP contribution in [0.4, 0.5) is 5.69 Å². The fourth-order valence-corrected chi connectivity index (χ4v) is 5.44. The minimum atomic E-state index is -1.03. The first kappa shape index (κ1) is 33.9. The predicted octanol–water partition coefficient (Wildman–Crippen LogP) is 4.52. The lowest BCUT2D eigenvalue weighted by Gasteiger charge is -2.30. The van der Waals surface area contributed by atoms with Crippen LogP contribution in [0.3, 0.4) is 0 Å². The molecule has 0 bridgehead atoms. The van der Waals surface area contributed by atoms with E-state index in [0.717, 1.165) is 16.5 Å². The Kier molecular flexibility index (Phi) is 11.7. The smallest absolute Gasteiger partial charge is 0.336 e. The molecule has 3 N–H and O–H groups in total. The average Bonchev–Trinajstić information content (AvgIpc) is 3.05. The number of hydrogen-bond donors (Lipinski definition) is 3. The second-order valence-corrected chi connectivity index (χ2v) is 10.8. The SMILES string of the molecule is COC(=O)C1=C(C)NC(C)=C(C(=O)OC)C1c1cc([N+](=O)[O-])ccc1OCCCCNCC(O)COc1cccc2ccccc12. The zero-order valence-corrected chi connectivity index (χ0v) is 26.3. The Morgan fingerprint density at radius 2 is 1.61 bits per heavy atom. The van der Waals surface area contributed by atoms with Crippen LogP contribution < -0.4 is 20.1 Å². The minimum Gasteiger partial charge on any atom is -0.493 e. The van der Waals surface area contributed by atoms with Crippen molar-refractivity contribution in [2.24, 2.45) is 0 Å². The van der Waals surface area contributed by atoms with Gasteiger partial charge in [0.2, 0.25) is 0 Å². The fraction of sp³-hybridized carbons (Fsp3) is 0.353. The molecule has 0 spiro atoms. The largest absolute Gasteiger partial charge is 0.493 e. The van der Waals surface area contributed by atoms with Crippen LogP contribution in [0.1, 0.15) is 38.2 Å². The summed E-state index contributed by atoms with van der Waals surface area (Å²) in [5, 5.41) is 30.4. The van der Waals surface area contributed by atoms with Crippen molar-refractivity contribution >= 4 is 28.4 Å². The van der Waals surface area contributed by atoms with Gasteiger partial charge in [-0.3, -0.25) is 10.1 Å². The number of fused-ring (bicyclic) bond motifs is 1. The molecule has 1 aliphatic heterocycles. The zero-order valence-electron chi connectivity index (χ0n) is 26.3. The average molecular weight is 634 g/mol. The highest BCUT2D eigenvalue weighted by Crippen LogP contribution is 2.44. The zero-order chi connectivity index (χ0) is 33.2. The van der Waals surface area contributed by atoms with Gasteiger partial charge in [-0.2, -0.15) is 0 Å². The number of carbonyl (C=O) groups excluding carboxylic acids is 2. The molecule has 0 aliphatic carbocycles. The van der Waals surface area contributed by atoms with Crippen molar-refractivity contribution in [3.8, 4) is 11.5 Å². The summed E-state index contributed by atoms with van der Waals surface area (Å²) in [6, 6.07) is 17.8. The van der Waals surface area contributed by atoms with Crippen LogP contribution in [-0.4, -0.2) is 68.6 Å². The first-order chi connectivity index (χ1) is 22.2. The standard InChI is InChI=1S/C34H39N3O9/c1-21-30(33(39)43-3)32(31(22(2)36-21)34(40)44-4)27-18-24(37(41)42)14-15-29(27)45-17-8-7-16-35-19-25(38)20-46-28-13-9-11-23-10-5-6-12-26(23)28/h5-6,9-15,18,25,32,35-36,38H,7-8,16-17,19-20H2,1-4H3. The van der Waals surface area contributed by atoms with Crippen LogP contribution in [0.5, 0.6) is 11.5 Å². The minimum absolute atomic E-state index is 0.117. The van der Waals surface area contributed by atoms with E-state index in [0.29, 0.717) is 37.3 Å². The molecular formula is C34H39N3O9. The summed E-state index contributed by atoms with van der Waals surface area (Å²) in [4.78, 5) is 37.0. The first-order valence-electron chi connectivity index (χ1n) is 14.9. The highest BCUT2D eigenvalue weighted by Gasteiger charge is 2.39. The molecule has 0 saturated carbocycles. The molecule has 0 aromatic heterocycles. The van der Waals surface area contributed by atoms with Crippen LogP contribution in [0.25, 0.3) is 10.8 Å². The van der Waals surface area contributed by atoms with Gasteiger partial charge in [-0.05, 0) is 50.8 Å². The van der Waals surface area contributed by atoms with Crippen LogP contribution in [0.15, 0.2) is 83.2 Å². The lowest BCUT2D eigenvalue weighted by molar-refractivity contribution is -0.384. The van der Waals surface area contributed by atoms with E-state index in [1.165, 1.54) is 32.4 Å². The van der Waals surface area contributed by atoms with E-state index in [-0.39, 0.29) is 41.4 Å². The van der Waals surface area contributed by atoms with Gasteiger partial charge in [0.05, 0.1) is 42.8 Å². The van der Waals surface area contributed by atoms with Gasteiger partial charge in [0.1, 0.15) is 24.2 Å². The Balaban J connectivity index is 1.37.